The summed E-state index contributed by atoms with van der Waals surface area (Å²) in [7, 11) is 1.69. The molecule has 16 heavy (non-hydrogen) atoms. The maximum absolute atomic E-state index is 11.4. The van der Waals surface area contributed by atoms with E-state index in [1.54, 1.807) is 7.05 Å². The number of fused-ring (bicyclic) bond motifs is 1. The third-order valence-corrected chi connectivity index (χ3v) is 2.63. The zero-order valence-corrected chi connectivity index (χ0v) is 9.78. The fourth-order valence-corrected chi connectivity index (χ4v) is 1.90. The summed E-state index contributed by atoms with van der Waals surface area (Å²) in [4.78, 5) is 11.4. The van der Waals surface area contributed by atoms with Gasteiger partial charge in [-0.05, 0) is 30.0 Å². The van der Waals surface area contributed by atoms with Crippen molar-refractivity contribution < 1.29 is 4.42 Å². The first-order valence-corrected chi connectivity index (χ1v) is 5.37. The van der Waals surface area contributed by atoms with Gasteiger partial charge < -0.3 is 10.2 Å². The van der Waals surface area contributed by atoms with E-state index in [1.165, 1.54) is 4.57 Å². The molecule has 2 aromatic rings. The van der Waals surface area contributed by atoms with E-state index >= 15 is 0 Å². The predicted molar refractivity (Wildman–Crippen MR) is 64.4 cm³/mol. The molecular formula is C12H16N2O2. The van der Waals surface area contributed by atoms with Gasteiger partial charge in [0.05, 0.1) is 11.2 Å². The number of nitrogen functional groups attached to an aromatic ring is 1. The predicted octanol–water partition coefficient (Wildman–Crippen LogP) is 1.91. The number of anilines is 1. The largest absolute Gasteiger partial charge is 0.419 e. The summed E-state index contributed by atoms with van der Waals surface area (Å²) in [5, 5.41) is 0. The second-order valence-electron chi connectivity index (χ2n) is 4.56. The minimum Gasteiger partial charge on any atom is -0.405 e. The highest BCUT2D eigenvalue weighted by atomic mass is 16.4. The molecule has 2 rings (SSSR count). The monoisotopic (exact) mass is 220 g/mol. The van der Waals surface area contributed by atoms with E-state index in [2.05, 4.69) is 13.8 Å². The fraction of sp³-hybridized carbons (Fsp3) is 0.417. The van der Waals surface area contributed by atoms with Crippen LogP contribution in [0.25, 0.3) is 11.1 Å². The minimum atomic E-state index is -0.372. The van der Waals surface area contributed by atoms with E-state index in [0.717, 1.165) is 17.5 Å². The van der Waals surface area contributed by atoms with Crippen molar-refractivity contribution in [1.82, 2.24) is 4.57 Å². The lowest BCUT2D eigenvalue weighted by atomic mass is 10.0. The van der Waals surface area contributed by atoms with Crippen LogP contribution < -0.4 is 11.5 Å². The summed E-state index contributed by atoms with van der Waals surface area (Å²) in [5.41, 5.74) is 8.79. The van der Waals surface area contributed by atoms with E-state index < -0.39 is 0 Å². The molecule has 1 aromatic carbocycles. The summed E-state index contributed by atoms with van der Waals surface area (Å²) >= 11 is 0. The Labute approximate surface area is 93.7 Å². The lowest BCUT2D eigenvalue weighted by Crippen LogP contribution is -2.08. The Bertz CT molecular complexity index is 578. The van der Waals surface area contributed by atoms with Crippen molar-refractivity contribution in [2.24, 2.45) is 13.0 Å². The van der Waals surface area contributed by atoms with Crippen molar-refractivity contribution in [3.8, 4) is 0 Å². The van der Waals surface area contributed by atoms with E-state index in [4.69, 9.17) is 10.2 Å². The van der Waals surface area contributed by atoms with Gasteiger partial charge in [-0.1, -0.05) is 13.8 Å². The minimum absolute atomic E-state index is 0.372. The molecule has 0 amide bonds. The maximum Gasteiger partial charge on any atom is 0.419 e. The van der Waals surface area contributed by atoms with Crippen LogP contribution in [0.4, 0.5) is 5.69 Å². The number of hydrogen-bond acceptors (Lipinski definition) is 3. The van der Waals surface area contributed by atoms with E-state index in [1.807, 2.05) is 12.1 Å². The SMILES string of the molecule is CC(C)Cc1cc(N)c2oc(=O)n(C)c2c1. The number of hydrogen-bond donors (Lipinski definition) is 1. The summed E-state index contributed by atoms with van der Waals surface area (Å²) in [6.07, 6.45) is 0.944. The maximum atomic E-state index is 11.4. The van der Waals surface area contributed by atoms with Crippen LogP contribution >= 0.6 is 0 Å². The van der Waals surface area contributed by atoms with Crippen molar-refractivity contribution in [1.29, 1.82) is 0 Å². The molecule has 0 atom stereocenters. The van der Waals surface area contributed by atoms with E-state index in [9.17, 15) is 4.79 Å². The average Bonchev–Trinajstić information content (AvgIpc) is 2.45. The highest BCUT2D eigenvalue weighted by Gasteiger charge is 2.11. The zero-order chi connectivity index (χ0) is 11.9. The Morgan fingerprint density at radius 1 is 1.44 bits per heavy atom. The van der Waals surface area contributed by atoms with Crippen LogP contribution in [0.15, 0.2) is 21.3 Å². The molecule has 2 N–H and O–H groups in total. The smallest absolute Gasteiger partial charge is 0.405 e. The number of benzene rings is 1. The molecule has 0 aliphatic carbocycles. The Kier molecular flexibility index (Phi) is 2.50. The topological polar surface area (TPSA) is 61.2 Å². The van der Waals surface area contributed by atoms with Crippen LogP contribution in [0, 0.1) is 5.92 Å². The van der Waals surface area contributed by atoms with Crippen LogP contribution in [0.5, 0.6) is 0 Å². The van der Waals surface area contributed by atoms with Crippen molar-refractivity contribution >= 4 is 16.8 Å². The number of aryl methyl sites for hydroxylation is 1. The zero-order valence-electron chi connectivity index (χ0n) is 9.78. The summed E-state index contributed by atoms with van der Waals surface area (Å²) in [5.74, 6) is 0.184. The third kappa shape index (κ3) is 1.71. The van der Waals surface area contributed by atoms with Gasteiger partial charge in [-0.25, -0.2) is 4.79 Å². The van der Waals surface area contributed by atoms with Gasteiger partial charge in [0.15, 0.2) is 5.58 Å². The molecule has 0 bridgehead atoms. The fourth-order valence-electron chi connectivity index (χ4n) is 1.90. The number of nitrogens with two attached hydrogens (primary N) is 1. The lowest BCUT2D eigenvalue weighted by molar-refractivity contribution is 0.529. The first-order valence-electron chi connectivity index (χ1n) is 5.37. The third-order valence-electron chi connectivity index (χ3n) is 2.63. The van der Waals surface area contributed by atoms with Crippen molar-refractivity contribution in [3.05, 3.63) is 28.2 Å². The Hall–Kier alpha value is -1.71. The molecule has 4 nitrogen and oxygen atoms in total. The van der Waals surface area contributed by atoms with Crippen LogP contribution in [-0.2, 0) is 13.5 Å². The summed E-state index contributed by atoms with van der Waals surface area (Å²) < 4.78 is 6.55. The van der Waals surface area contributed by atoms with Gasteiger partial charge in [-0.15, -0.1) is 0 Å². The Morgan fingerprint density at radius 2 is 2.12 bits per heavy atom. The summed E-state index contributed by atoms with van der Waals surface area (Å²) in [6.45, 7) is 4.30. The average molecular weight is 220 g/mol. The van der Waals surface area contributed by atoms with Crippen LogP contribution in [0.1, 0.15) is 19.4 Å². The standard InChI is InChI=1S/C12H16N2O2/c1-7(2)4-8-5-9(13)11-10(6-8)14(3)12(15)16-11/h5-7H,4,13H2,1-3H3. The molecule has 0 radical (unpaired) electrons. The van der Waals surface area contributed by atoms with Gasteiger partial charge in [0.2, 0.25) is 0 Å². The molecule has 0 unspecified atom stereocenters. The quantitative estimate of drug-likeness (QED) is 0.786. The highest BCUT2D eigenvalue weighted by molar-refractivity contribution is 5.85. The van der Waals surface area contributed by atoms with Crippen molar-refractivity contribution in [2.75, 3.05) is 5.73 Å². The number of aromatic nitrogens is 1. The van der Waals surface area contributed by atoms with Crippen molar-refractivity contribution in [3.63, 3.8) is 0 Å². The molecule has 0 saturated carbocycles. The normalized spacial score (nSPS) is 11.5. The molecule has 0 aliphatic rings. The molecular weight excluding hydrogens is 204 g/mol. The second kappa shape index (κ2) is 3.70. The first-order chi connectivity index (χ1) is 7.49. The molecule has 0 aliphatic heterocycles. The van der Waals surface area contributed by atoms with Gasteiger partial charge in [-0.2, -0.15) is 0 Å². The molecule has 86 valence electrons. The molecule has 0 fully saturated rings. The van der Waals surface area contributed by atoms with Gasteiger partial charge in [0.25, 0.3) is 0 Å². The summed E-state index contributed by atoms with van der Waals surface area (Å²) in [6, 6.07) is 3.85. The second-order valence-corrected chi connectivity index (χ2v) is 4.56. The Balaban J connectivity index is 2.65. The molecule has 0 spiro atoms. The van der Waals surface area contributed by atoms with Gasteiger partial charge >= 0.3 is 5.76 Å². The molecule has 4 heteroatoms. The number of oxazole rings is 1. The van der Waals surface area contributed by atoms with Gasteiger partial charge in [0.1, 0.15) is 0 Å². The van der Waals surface area contributed by atoms with Gasteiger partial charge in [-0.3, -0.25) is 4.57 Å². The van der Waals surface area contributed by atoms with Crippen LogP contribution in [-0.4, -0.2) is 4.57 Å². The number of nitrogens with zero attached hydrogens (tertiary/aromatic N) is 1. The van der Waals surface area contributed by atoms with E-state index in [-0.39, 0.29) is 5.76 Å². The van der Waals surface area contributed by atoms with Gasteiger partial charge in [0, 0.05) is 7.05 Å². The lowest BCUT2D eigenvalue weighted by Gasteiger charge is -2.06. The highest BCUT2D eigenvalue weighted by Crippen LogP contribution is 2.23. The Morgan fingerprint density at radius 3 is 2.75 bits per heavy atom. The molecule has 0 saturated heterocycles. The molecule has 1 heterocycles. The molecule has 1 aromatic heterocycles. The van der Waals surface area contributed by atoms with Crippen LogP contribution in [0.3, 0.4) is 0 Å². The van der Waals surface area contributed by atoms with Crippen molar-refractivity contribution in [2.45, 2.75) is 20.3 Å². The van der Waals surface area contributed by atoms with Crippen LogP contribution in [0.2, 0.25) is 0 Å². The van der Waals surface area contributed by atoms with E-state index in [0.29, 0.717) is 17.2 Å². The number of rotatable bonds is 2. The first kappa shape index (κ1) is 10.8.